The molecule has 0 atom stereocenters. The first-order chi connectivity index (χ1) is 12.2. The molecule has 0 saturated carbocycles. The maximum Gasteiger partial charge on any atom is 0.236 e. The van der Waals surface area contributed by atoms with Gasteiger partial charge in [-0.1, -0.05) is 25.7 Å². The molecule has 3 aliphatic rings. The summed E-state index contributed by atoms with van der Waals surface area (Å²) in [5.74, 6) is 0.849. The standard InChI is InChI=1S/C20H35N3O2/c24-19(22-11-5-1-2-6-12-22)17-21-15-9-18(10-16-21)20(25)23-13-7-3-4-8-14-23/h18H,1-17H2. The largest absolute Gasteiger partial charge is 0.342 e. The molecule has 3 aliphatic heterocycles. The molecule has 5 nitrogen and oxygen atoms in total. The number of likely N-dealkylation sites (tertiary alicyclic amines) is 3. The summed E-state index contributed by atoms with van der Waals surface area (Å²) in [6.45, 7) is 6.10. The minimum Gasteiger partial charge on any atom is -0.342 e. The molecule has 3 rings (SSSR count). The topological polar surface area (TPSA) is 43.9 Å². The van der Waals surface area contributed by atoms with E-state index < -0.39 is 0 Å². The molecule has 3 fully saturated rings. The van der Waals surface area contributed by atoms with Gasteiger partial charge in [0.15, 0.2) is 0 Å². The van der Waals surface area contributed by atoms with Gasteiger partial charge < -0.3 is 9.80 Å². The highest BCUT2D eigenvalue weighted by molar-refractivity contribution is 5.79. The van der Waals surface area contributed by atoms with E-state index in [4.69, 9.17) is 0 Å². The van der Waals surface area contributed by atoms with E-state index in [1.54, 1.807) is 0 Å². The average molecular weight is 350 g/mol. The summed E-state index contributed by atoms with van der Waals surface area (Å²) in [6, 6.07) is 0. The van der Waals surface area contributed by atoms with Crippen LogP contribution < -0.4 is 0 Å². The first-order valence-electron chi connectivity index (χ1n) is 10.5. The van der Waals surface area contributed by atoms with Crippen molar-refractivity contribution in [3.05, 3.63) is 0 Å². The zero-order valence-corrected chi connectivity index (χ0v) is 15.8. The summed E-state index contributed by atoms with van der Waals surface area (Å²) in [7, 11) is 0. The molecule has 142 valence electrons. The molecule has 0 aromatic heterocycles. The van der Waals surface area contributed by atoms with Crippen LogP contribution in [0.25, 0.3) is 0 Å². The monoisotopic (exact) mass is 349 g/mol. The Balaban J connectivity index is 1.41. The van der Waals surface area contributed by atoms with E-state index in [0.717, 1.165) is 77.8 Å². The maximum atomic E-state index is 12.8. The van der Waals surface area contributed by atoms with Crippen LogP contribution in [0.3, 0.4) is 0 Å². The molecule has 25 heavy (non-hydrogen) atoms. The van der Waals surface area contributed by atoms with Crippen LogP contribution in [-0.4, -0.2) is 72.3 Å². The van der Waals surface area contributed by atoms with Crippen LogP contribution in [0, 0.1) is 5.92 Å². The molecular weight excluding hydrogens is 314 g/mol. The lowest BCUT2D eigenvalue weighted by molar-refractivity contribution is -0.137. The van der Waals surface area contributed by atoms with Gasteiger partial charge in [0.05, 0.1) is 6.54 Å². The van der Waals surface area contributed by atoms with Gasteiger partial charge in [0.1, 0.15) is 0 Å². The van der Waals surface area contributed by atoms with Crippen LogP contribution >= 0.6 is 0 Å². The van der Waals surface area contributed by atoms with Gasteiger partial charge in [0, 0.05) is 32.1 Å². The molecule has 0 spiro atoms. The van der Waals surface area contributed by atoms with Crippen LogP contribution in [-0.2, 0) is 9.59 Å². The van der Waals surface area contributed by atoms with Gasteiger partial charge in [0.2, 0.25) is 11.8 Å². The number of nitrogens with zero attached hydrogens (tertiary/aromatic N) is 3. The summed E-state index contributed by atoms with van der Waals surface area (Å²) in [6.07, 6.45) is 11.5. The number of carbonyl (C=O) groups excluding carboxylic acids is 2. The van der Waals surface area contributed by atoms with Crippen LogP contribution in [0.2, 0.25) is 0 Å². The highest BCUT2D eigenvalue weighted by Crippen LogP contribution is 2.22. The molecule has 3 saturated heterocycles. The number of piperidine rings is 1. The predicted molar refractivity (Wildman–Crippen MR) is 99.3 cm³/mol. The Kier molecular flexibility index (Phi) is 7.14. The van der Waals surface area contributed by atoms with Crippen LogP contribution in [0.5, 0.6) is 0 Å². The van der Waals surface area contributed by atoms with Crippen molar-refractivity contribution in [3.63, 3.8) is 0 Å². The van der Waals surface area contributed by atoms with Gasteiger partial charge in [-0.3, -0.25) is 14.5 Å². The summed E-state index contributed by atoms with van der Waals surface area (Å²) < 4.78 is 0. The average Bonchev–Trinajstić information content (AvgIpc) is 3.07. The van der Waals surface area contributed by atoms with Crippen molar-refractivity contribution in [1.29, 1.82) is 0 Å². The zero-order valence-electron chi connectivity index (χ0n) is 15.8. The molecule has 0 unspecified atom stereocenters. The second kappa shape index (κ2) is 9.56. The molecule has 0 bridgehead atoms. The van der Waals surface area contributed by atoms with Gasteiger partial charge in [-0.25, -0.2) is 0 Å². The lowest BCUT2D eigenvalue weighted by atomic mass is 9.95. The fourth-order valence-corrected chi connectivity index (χ4v) is 4.50. The van der Waals surface area contributed by atoms with Crippen LogP contribution in [0.15, 0.2) is 0 Å². The van der Waals surface area contributed by atoms with Crippen molar-refractivity contribution in [3.8, 4) is 0 Å². The van der Waals surface area contributed by atoms with E-state index >= 15 is 0 Å². The van der Waals surface area contributed by atoms with Gasteiger partial charge in [-0.2, -0.15) is 0 Å². The van der Waals surface area contributed by atoms with Gasteiger partial charge in [-0.05, 0) is 51.6 Å². The minimum absolute atomic E-state index is 0.183. The highest BCUT2D eigenvalue weighted by atomic mass is 16.2. The maximum absolute atomic E-state index is 12.8. The predicted octanol–water partition coefficient (Wildman–Crippen LogP) is 2.50. The van der Waals surface area contributed by atoms with E-state index in [0.29, 0.717) is 18.4 Å². The highest BCUT2D eigenvalue weighted by Gasteiger charge is 2.30. The quantitative estimate of drug-likeness (QED) is 0.786. The third kappa shape index (κ3) is 5.44. The Morgan fingerprint density at radius 3 is 1.64 bits per heavy atom. The Morgan fingerprint density at radius 2 is 1.12 bits per heavy atom. The van der Waals surface area contributed by atoms with Crippen molar-refractivity contribution < 1.29 is 9.59 Å². The molecule has 5 heteroatoms. The van der Waals surface area contributed by atoms with Crippen LogP contribution in [0.4, 0.5) is 0 Å². The van der Waals surface area contributed by atoms with E-state index in [-0.39, 0.29) is 5.92 Å². The minimum atomic E-state index is 0.183. The van der Waals surface area contributed by atoms with Crippen molar-refractivity contribution in [2.24, 2.45) is 5.92 Å². The second-order valence-corrected chi connectivity index (χ2v) is 8.08. The summed E-state index contributed by atoms with van der Waals surface area (Å²) in [5.41, 5.74) is 0. The fourth-order valence-electron chi connectivity index (χ4n) is 4.50. The summed E-state index contributed by atoms with van der Waals surface area (Å²) in [5, 5.41) is 0. The van der Waals surface area contributed by atoms with E-state index in [9.17, 15) is 9.59 Å². The Bertz CT molecular complexity index is 430. The van der Waals surface area contributed by atoms with E-state index in [1.807, 2.05) is 0 Å². The second-order valence-electron chi connectivity index (χ2n) is 8.08. The molecule has 0 aromatic rings. The van der Waals surface area contributed by atoms with Gasteiger partial charge in [0.25, 0.3) is 0 Å². The Hall–Kier alpha value is -1.10. The molecule has 2 amide bonds. The molecule has 0 radical (unpaired) electrons. The van der Waals surface area contributed by atoms with Crippen molar-refractivity contribution in [2.45, 2.75) is 64.2 Å². The Morgan fingerprint density at radius 1 is 0.640 bits per heavy atom. The molecule has 0 aromatic carbocycles. The third-order valence-electron chi connectivity index (χ3n) is 6.17. The third-order valence-corrected chi connectivity index (χ3v) is 6.17. The van der Waals surface area contributed by atoms with Crippen molar-refractivity contribution in [1.82, 2.24) is 14.7 Å². The summed E-state index contributed by atoms with van der Waals surface area (Å²) >= 11 is 0. The molecule has 3 heterocycles. The summed E-state index contributed by atoms with van der Waals surface area (Å²) in [4.78, 5) is 31.7. The smallest absolute Gasteiger partial charge is 0.236 e. The molecule has 0 aliphatic carbocycles. The van der Waals surface area contributed by atoms with Gasteiger partial charge >= 0.3 is 0 Å². The SMILES string of the molecule is O=C(CN1CCC(C(=O)N2CCCCCC2)CC1)N1CCCCCC1. The fraction of sp³-hybridized carbons (Fsp3) is 0.900. The molecular formula is C20H35N3O2. The first-order valence-corrected chi connectivity index (χ1v) is 10.5. The number of rotatable bonds is 3. The van der Waals surface area contributed by atoms with Crippen molar-refractivity contribution >= 4 is 11.8 Å². The van der Waals surface area contributed by atoms with E-state index in [1.165, 1.54) is 25.7 Å². The van der Waals surface area contributed by atoms with E-state index in [2.05, 4.69) is 14.7 Å². The van der Waals surface area contributed by atoms with Crippen molar-refractivity contribution in [2.75, 3.05) is 45.8 Å². The lowest BCUT2D eigenvalue weighted by Gasteiger charge is -2.34. The normalized spacial score (nSPS) is 24.6. The molecule has 0 N–H and O–H groups in total. The number of hydrogen-bond donors (Lipinski definition) is 0. The number of amides is 2. The number of hydrogen-bond acceptors (Lipinski definition) is 3. The lowest BCUT2D eigenvalue weighted by Crippen LogP contribution is -2.46. The zero-order chi connectivity index (χ0) is 17.5. The van der Waals surface area contributed by atoms with Gasteiger partial charge in [-0.15, -0.1) is 0 Å². The number of carbonyl (C=O) groups is 2. The van der Waals surface area contributed by atoms with Crippen LogP contribution in [0.1, 0.15) is 64.2 Å². The first kappa shape index (κ1) is 18.7. The Labute approximate surface area is 152 Å².